The zero-order chi connectivity index (χ0) is 32.6. The molecule has 0 aliphatic carbocycles. The molecule has 4 heterocycles. The van der Waals surface area contributed by atoms with Gasteiger partial charge in [0.1, 0.15) is 11.8 Å². The number of benzene rings is 2. The average molecular weight is 654 g/mol. The van der Waals surface area contributed by atoms with Gasteiger partial charge in [-0.1, -0.05) is 48.0 Å². The molecule has 0 unspecified atom stereocenters. The van der Waals surface area contributed by atoms with Crippen LogP contribution in [0, 0.1) is 11.3 Å². The summed E-state index contributed by atoms with van der Waals surface area (Å²) in [5.41, 5.74) is 6.65. The minimum atomic E-state index is 0.414. The number of methoxy groups -OCH3 is 2. The lowest BCUT2D eigenvalue weighted by molar-refractivity contribution is 0.0774. The molecule has 2 aliphatic heterocycles. The lowest BCUT2D eigenvalue weighted by Crippen LogP contribution is -2.34. The maximum absolute atomic E-state index is 10.4. The van der Waals surface area contributed by atoms with Gasteiger partial charge < -0.3 is 29.6 Å². The quantitative estimate of drug-likeness (QED) is 0.186. The highest BCUT2D eigenvalue weighted by atomic mass is 35.5. The van der Waals surface area contributed by atoms with Gasteiger partial charge in [0.15, 0.2) is 0 Å². The molecule has 0 saturated carbocycles. The molecule has 0 bridgehead atoms. The lowest BCUT2D eigenvalue weighted by Gasteiger charge is -2.23. The number of pyridine rings is 2. The smallest absolute Gasteiger partial charge is 0.218 e. The summed E-state index contributed by atoms with van der Waals surface area (Å²) in [5, 5.41) is 18.1. The summed E-state index contributed by atoms with van der Waals surface area (Å²) in [4.78, 5) is 9.46. The van der Waals surface area contributed by atoms with Gasteiger partial charge in [0.2, 0.25) is 5.88 Å². The zero-order valence-electron chi connectivity index (χ0n) is 26.9. The first-order valence-electron chi connectivity index (χ1n) is 16.1. The minimum absolute atomic E-state index is 0.414. The molecule has 0 spiro atoms. The van der Waals surface area contributed by atoms with E-state index in [4.69, 9.17) is 35.5 Å². The molecule has 2 N–H and O–H groups in total. The van der Waals surface area contributed by atoms with Crippen LogP contribution in [-0.2, 0) is 22.6 Å². The predicted molar refractivity (Wildman–Crippen MR) is 183 cm³/mol. The van der Waals surface area contributed by atoms with Crippen LogP contribution in [0.4, 0.5) is 0 Å². The summed E-state index contributed by atoms with van der Waals surface area (Å²) in [7, 11) is 3.29. The van der Waals surface area contributed by atoms with Gasteiger partial charge in [0.25, 0.3) is 0 Å². The van der Waals surface area contributed by atoms with Crippen LogP contribution in [0.2, 0.25) is 5.02 Å². The Bertz CT molecular complexity index is 1730. The van der Waals surface area contributed by atoms with Crippen LogP contribution in [0.15, 0.2) is 60.8 Å². The third-order valence-corrected chi connectivity index (χ3v) is 9.33. The molecule has 2 aliphatic rings. The van der Waals surface area contributed by atoms with Crippen molar-refractivity contribution in [3.05, 3.63) is 82.5 Å². The van der Waals surface area contributed by atoms with Crippen molar-refractivity contribution in [2.75, 3.05) is 40.6 Å². The van der Waals surface area contributed by atoms with Gasteiger partial charge in [0, 0.05) is 91.2 Å². The molecule has 0 atom stereocenters. The fourth-order valence-corrected chi connectivity index (χ4v) is 6.56. The first-order valence-corrected chi connectivity index (χ1v) is 16.5. The number of halogens is 1. The molecule has 0 radical (unpaired) electrons. The number of hydrogen-bond acceptors (Lipinski definition) is 9. The van der Waals surface area contributed by atoms with Gasteiger partial charge in [0.05, 0.1) is 36.2 Å². The summed E-state index contributed by atoms with van der Waals surface area (Å²) in [5.74, 6) is 1.29. The van der Waals surface area contributed by atoms with Crippen molar-refractivity contribution in [1.29, 1.82) is 5.26 Å². The Morgan fingerprint density at radius 1 is 0.830 bits per heavy atom. The molecule has 10 heteroatoms. The number of aromatic nitrogens is 2. The van der Waals surface area contributed by atoms with Crippen molar-refractivity contribution >= 4 is 11.6 Å². The number of hydrogen-bond donors (Lipinski definition) is 2. The molecule has 2 aromatic carbocycles. The molecule has 0 amide bonds. The maximum atomic E-state index is 10.4. The molecule has 6 rings (SSSR count). The number of ether oxygens (including phenoxy) is 4. The Labute approximate surface area is 281 Å². The van der Waals surface area contributed by atoms with E-state index in [-0.39, 0.29) is 0 Å². The van der Waals surface area contributed by atoms with E-state index in [9.17, 15) is 5.26 Å². The van der Waals surface area contributed by atoms with Crippen LogP contribution in [0.5, 0.6) is 11.6 Å². The summed E-state index contributed by atoms with van der Waals surface area (Å²) >= 11 is 7.10. The van der Waals surface area contributed by atoms with Gasteiger partial charge >= 0.3 is 0 Å². The van der Waals surface area contributed by atoms with Gasteiger partial charge in [-0.15, -0.1) is 0 Å². The second-order valence-electron chi connectivity index (χ2n) is 11.8. The molecule has 244 valence electrons. The molecular weight excluding hydrogens is 614 g/mol. The van der Waals surface area contributed by atoms with Gasteiger partial charge in [-0.3, -0.25) is 4.98 Å². The molecule has 47 heavy (non-hydrogen) atoms. The molecule has 2 saturated heterocycles. The Balaban J connectivity index is 1.27. The normalized spacial score (nSPS) is 15.7. The fraction of sp³-hybridized carbons (Fsp3) is 0.378. The first kappa shape index (κ1) is 32.9. The number of nitriles is 1. The van der Waals surface area contributed by atoms with Crippen molar-refractivity contribution < 1.29 is 18.9 Å². The van der Waals surface area contributed by atoms with Crippen molar-refractivity contribution in [2.45, 2.75) is 50.9 Å². The van der Waals surface area contributed by atoms with Crippen LogP contribution in [0.25, 0.3) is 33.6 Å². The van der Waals surface area contributed by atoms with Crippen LogP contribution in [0.1, 0.15) is 42.4 Å². The molecule has 2 fully saturated rings. The van der Waals surface area contributed by atoms with Crippen molar-refractivity contribution in [1.82, 2.24) is 20.6 Å². The predicted octanol–water partition coefficient (Wildman–Crippen LogP) is 6.56. The van der Waals surface area contributed by atoms with Crippen LogP contribution >= 0.6 is 11.6 Å². The van der Waals surface area contributed by atoms with E-state index in [0.717, 1.165) is 85.7 Å². The second kappa shape index (κ2) is 15.7. The molecule has 2 aromatic heterocycles. The fourth-order valence-electron chi connectivity index (χ4n) is 6.24. The van der Waals surface area contributed by atoms with Gasteiger partial charge in [-0.2, -0.15) is 5.26 Å². The van der Waals surface area contributed by atoms with E-state index in [2.05, 4.69) is 21.7 Å². The van der Waals surface area contributed by atoms with Crippen molar-refractivity contribution in [3.63, 3.8) is 0 Å². The van der Waals surface area contributed by atoms with Crippen molar-refractivity contribution in [3.8, 4) is 51.3 Å². The summed E-state index contributed by atoms with van der Waals surface area (Å²) in [6.07, 6.45) is 5.68. The van der Waals surface area contributed by atoms with E-state index in [1.807, 2.05) is 54.6 Å². The van der Waals surface area contributed by atoms with E-state index in [1.165, 1.54) is 0 Å². The highest BCUT2D eigenvalue weighted by Crippen LogP contribution is 2.40. The largest absolute Gasteiger partial charge is 0.496 e. The standard InChI is InChI=1S/C37H40ClN5O4/c1-44-34-20-24(6-7-25(34)22-41-27-11-16-46-17-12-27)36-32(21-39)29(10-15-40-36)30-4-3-5-31(35(30)38)33-9-8-26(37(43-33)45-2)23-42-28-13-18-47-19-14-28/h3-10,15,20,27-28,41-42H,11-14,16-19,22-23H2,1-2H3. The van der Waals surface area contributed by atoms with Gasteiger partial charge in [-0.25, -0.2) is 4.98 Å². The summed E-state index contributed by atoms with van der Waals surface area (Å²) in [6.45, 7) is 4.46. The Kier molecular flexibility index (Phi) is 11.0. The van der Waals surface area contributed by atoms with E-state index in [1.54, 1.807) is 20.4 Å². The second-order valence-corrected chi connectivity index (χ2v) is 12.2. The lowest BCUT2D eigenvalue weighted by atomic mass is 9.94. The first-order chi connectivity index (χ1) is 23.1. The number of nitrogens with zero attached hydrogens (tertiary/aromatic N) is 3. The van der Waals surface area contributed by atoms with Crippen molar-refractivity contribution in [2.24, 2.45) is 0 Å². The number of nitrogens with one attached hydrogen (secondary N) is 2. The van der Waals surface area contributed by atoms with Gasteiger partial charge in [-0.05, 0) is 43.9 Å². The Morgan fingerprint density at radius 2 is 1.49 bits per heavy atom. The monoisotopic (exact) mass is 653 g/mol. The highest BCUT2D eigenvalue weighted by molar-refractivity contribution is 6.36. The SMILES string of the molecule is COc1cc(-c2nccc(-c3cccc(-c4ccc(CNC5CCOCC5)c(OC)n4)c3Cl)c2C#N)ccc1CNC1CCOCC1. The summed E-state index contributed by atoms with van der Waals surface area (Å²) in [6, 6.07) is 20.8. The molecular formula is C37H40ClN5O4. The maximum Gasteiger partial charge on any atom is 0.218 e. The van der Waals surface area contributed by atoms with E-state index < -0.39 is 0 Å². The molecule has 9 nitrogen and oxygen atoms in total. The topological polar surface area (TPSA) is 111 Å². The Hall–Kier alpha value is -4.04. The Morgan fingerprint density at radius 3 is 2.15 bits per heavy atom. The third kappa shape index (κ3) is 7.59. The van der Waals surface area contributed by atoms with Crippen LogP contribution in [0.3, 0.4) is 0 Å². The van der Waals surface area contributed by atoms with Crippen LogP contribution in [-0.4, -0.2) is 62.7 Å². The molecule has 4 aromatic rings. The highest BCUT2D eigenvalue weighted by Gasteiger charge is 2.21. The van der Waals surface area contributed by atoms with Crippen LogP contribution < -0.4 is 20.1 Å². The number of rotatable bonds is 11. The summed E-state index contributed by atoms with van der Waals surface area (Å²) < 4.78 is 22.4. The third-order valence-electron chi connectivity index (χ3n) is 8.93. The zero-order valence-corrected chi connectivity index (χ0v) is 27.6. The van der Waals surface area contributed by atoms with E-state index in [0.29, 0.717) is 58.6 Å². The average Bonchev–Trinajstić information content (AvgIpc) is 3.13. The van der Waals surface area contributed by atoms with E-state index >= 15 is 0 Å². The minimum Gasteiger partial charge on any atom is -0.496 e.